The quantitative estimate of drug-likeness (QED) is 0.838. The minimum atomic E-state index is -0.332. The molecule has 3 N–H and O–H groups in total. The van der Waals surface area contributed by atoms with Crippen molar-refractivity contribution in [1.82, 2.24) is 9.97 Å². The van der Waals surface area contributed by atoms with Gasteiger partial charge in [-0.25, -0.2) is 4.98 Å². The van der Waals surface area contributed by atoms with E-state index in [9.17, 15) is 5.11 Å². The fraction of sp³-hybridized carbons (Fsp3) is 0.636. The molecule has 0 aromatic carbocycles. The van der Waals surface area contributed by atoms with Gasteiger partial charge in [-0.2, -0.15) is 4.98 Å². The number of aliphatic hydroxyl groups excluding tert-OH is 1. The first kappa shape index (κ1) is 12.4. The SMILES string of the molecule is CN(c1nc(N)ncc1Cl)C1CCCCC1O. The van der Waals surface area contributed by atoms with E-state index in [1.807, 2.05) is 11.9 Å². The van der Waals surface area contributed by atoms with Crippen molar-refractivity contribution >= 4 is 23.4 Å². The maximum atomic E-state index is 10.0. The summed E-state index contributed by atoms with van der Waals surface area (Å²) in [6.07, 6.45) is 5.12. The Bertz CT molecular complexity index is 401. The van der Waals surface area contributed by atoms with Gasteiger partial charge in [-0.1, -0.05) is 24.4 Å². The Morgan fingerprint density at radius 1 is 1.47 bits per heavy atom. The van der Waals surface area contributed by atoms with Crippen LogP contribution in [0.1, 0.15) is 25.7 Å². The molecule has 1 aliphatic carbocycles. The number of anilines is 2. The van der Waals surface area contributed by atoms with Crippen LogP contribution in [0, 0.1) is 0 Å². The van der Waals surface area contributed by atoms with Crippen LogP contribution < -0.4 is 10.6 Å². The lowest BCUT2D eigenvalue weighted by molar-refractivity contribution is 0.106. The lowest BCUT2D eigenvalue weighted by Crippen LogP contribution is -2.44. The van der Waals surface area contributed by atoms with Crippen LogP contribution in [0.25, 0.3) is 0 Å². The van der Waals surface area contributed by atoms with Gasteiger partial charge in [-0.15, -0.1) is 0 Å². The zero-order valence-electron chi connectivity index (χ0n) is 9.80. The molecule has 5 nitrogen and oxygen atoms in total. The third kappa shape index (κ3) is 2.61. The molecule has 6 heteroatoms. The van der Waals surface area contributed by atoms with Gasteiger partial charge in [0.05, 0.1) is 18.3 Å². The highest BCUT2D eigenvalue weighted by Crippen LogP contribution is 2.29. The first-order valence-electron chi connectivity index (χ1n) is 5.78. The zero-order chi connectivity index (χ0) is 12.4. The largest absolute Gasteiger partial charge is 0.391 e. The summed E-state index contributed by atoms with van der Waals surface area (Å²) in [5.74, 6) is 0.784. The second-order valence-corrected chi connectivity index (χ2v) is 4.84. The smallest absolute Gasteiger partial charge is 0.222 e. The molecule has 1 aliphatic rings. The Morgan fingerprint density at radius 2 is 2.18 bits per heavy atom. The summed E-state index contributed by atoms with van der Waals surface area (Å²) < 4.78 is 0. The van der Waals surface area contributed by atoms with Crippen molar-refractivity contribution in [3.63, 3.8) is 0 Å². The van der Waals surface area contributed by atoms with Crippen LogP contribution in [-0.4, -0.2) is 34.3 Å². The van der Waals surface area contributed by atoms with Crippen LogP contribution in [0.5, 0.6) is 0 Å². The molecule has 2 atom stereocenters. The lowest BCUT2D eigenvalue weighted by Gasteiger charge is -2.36. The lowest BCUT2D eigenvalue weighted by atomic mass is 9.91. The molecule has 1 aromatic rings. The van der Waals surface area contributed by atoms with Crippen molar-refractivity contribution in [2.45, 2.75) is 37.8 Å². The Kier molecular flexibility index (Phi) is 3.69. The molecule has 0 saturated heterocycles. The van der Waals surface area contributed by atoms with Gasteiger partial charge in [-0.05, 0) is 12.8 Å². The minimum absolute atomic E-state index is 0.0514. The zero-order valence-corrected chi connectivity index (χ0v) is 10.6. The average molecular weight is 257 g/mol. The van der Waals surface area contributed by atoms with Crippen LogP contribution in [-0.2, 0) is 0 Å². The third-order valence-electron chi connectivity index (χ3n) is 3.27. The fourth-order valence-corrected chi connectivity index (χ4v) is 2.54. The van der Waals surface area contributed by atoms with Gasteiger partial charge < -0.3 is 15.7 Å². The topological polar surface area (TPSA) is 75.3 Å². The summed E-state index contributed by atoms with van der Waals surface area (Å²) >= 11 is 6.05. The molecule has 0 bridgehead atoms. The third-order valence-corrected chi connectivity index (χ3v) is 3.54. The molecule has 0 aliphatic heterocycles. The monoisotopic (exact) mass is 256 g/mol. The normalized spacial score (nSPS) is 24.6. The number of hydrogen-bond donors (Lipinski definition) is 2. The number of likely N-dealkylation sites (N-methyl/N-ethyl adjacent to an activating group) is 1. The van der Waals surface area contributed by atoms with Gasteiger partial charge in [0.1, 0.15) is 5.02 Å². The van der Waals surface area contributed by atoms with E-state index in [0.29, 0.717) is 10.8 Å². The van der Waals surface area contributed by atoms with Gasteiger partial charge in [0, 0.05) is 7.05 Å². The predicted molar refractivity (Wildman–Crippen MR) is 68.1 cm³/mol. The number of halogens is 1. The standard InChI is InChI=1S/C11H17ClN4O/c1-16(8-4-2-3-5-9(8)17)10-7(12)6-14-11(13)15-10/h6,8-9,17H,2-5H2,1H3,(H2,13,14,15). The van der Waals surface area contributed by atoms with Gasteiger partial charge in [0.25, 0.3) is 0 Å². The van der Waals surface area contributed by atoms with Crippen molar-refractivity contribution in [1.29, 1.82) is 0 Å². The van der Waals surface area contributed by atoms with Crippen molar-refractivity contribution in [2.24, 2.45) is 0 Å². The van der Waals surface area contributed by atoms with Gasteiger partial charge >= 0.3 is 0 Å². The molecule has 2 unspecified atom stereocenters. The Balaban J connectivity index is 2.23. The maximum Gasteiger partial charge on any atom is 0.222 e. The van der Waals surface area contributed by atoms with Crippen LogP contribution >= 0.6 is 11.6 Å². The Labute approximate surface area is 106 Å². The number of nitrogens with two attached hydrogens (primary N) is 1. The molecule has 1 saturated carbocycles. The summed E-state index contributed by atoms with van der Waals surface area (Å²) in [5, 5.41) is 10.5. The molecule has 0 spiro atoms. The molecular weight excluding hydrogens is 240 g/mol. The predicted octanol–water partition coefficient (Wildman–Crippen LogP) is 1.45. The van der Waals surface area contributed by atoms with E-state index < -0.39 is 0 Å². The molecule has 0 radical (unpaired) electrons. The Hall–Kier alpha value is -1.07. The molecule has 94 valence electrons. The van der Waals surface area contributed by atoms with Crippen molar-refractivity contribution in [3.05, 3.63) is 11.2 Å². The fourth-order valence-electron chi connectivity index (χ4n) is 2.32. The highest BCUT2D eigenvalue weighted by molar-refractivity contribution is 6.32. The van der Waals surface area contributed by atoms with E-state index in [1.165, 1.54) is 6.20 Å². The second kappa shape index (κ2) is 5.06. The van der Waals surface area contributed by atoms with E-state index in [4.69, 9.17) is 17.3 Å². The molecule has 2 rings (SSSR count). The number of nitrogen functional groups attached to an aromatic ring is 1. The minimum Gasteiger partial charge on any atom is -0.391 e. The van der Waals surface area contributed by atoms with E-state index in [1.54, 1.807) is 0 Å². The number of nitrogens with zero attached hydrogens (tertiary/aromatic N) is 3. The van der Waals surface area contributed by atoms with Crippen molar-refractivity contribution in [3.8, 4) is 0 Å². The van der Waals surface area contributed by atoms with Crippen LogP contribution in [0.4, 0.5) is 11.8 Å². The molecule has 1 heterocycles. The van der Waals surface area contributed by atoms with E-state index in [-0.39, 0.29) is 18.1 Å². The first-order chi connectivity index (χ1) is 8.09. The molecule has 1 fully saturated rings. The maximum absolute atomic E-state index is 10.0. The van der Waals surface area contributed by atoms with Crippen molar-refractivity contribution < 1.29 is 5.11 Å². The number of rotatable bonds is 2. The van der Waals surface area contributed by atoms with Gasteiger partial charge in [0.2, 0.25) is 5.95 Å². The second-order valence-electron chi connectivity index (χ2n) is 4.43. The Morgan fingerprint density at radius 3 is 2.88 bits per heavy atom. The van der Waals surface area contributed by atoms with Crippen LogP contribution in [0.3, 0.4) is 0 Å². The molecule has 0 amide bonds. The van der Waals surface area contributed by atoms with E-state index in [2.05, 4.69) is 9.97 Å². The molecular formula is C11H17ClN4O. The highest BCUT2D eigenvalue weighted by atomic mass is 35.5. The number of aromatic nitrogens is 2. The molecule has 1 aromatic heterocycles. The van der Waals surface area contributed by atoms with Crippen molar-refractivity contribution in [2.75, 3.05) is 17.7 Å². The first-order valence-corrected chi connectivity index (χ1v) is 6.16. The van der Waals surface area contributed by atoms with E-state index >= 15 is 0 Å². The summed E-state index contributed by atoms with van der Waals surface area (Å²) in [5.41, 5.74) is 5.56. The van der Waals surface area contributed by atoms with Crippen LogP contribution in [0.15, 0.2) is 6.20 Å². The number of aliphatic hydroxyl groups is 1. The molecule has 17 heavy (non-hydrogen) atoms. The highest BCUT2D eigenvalue weighted by Gasteiger charge is 2.28. The van der Waals surface area contributed by atoms with Gasteiger partial charge in [-0.3, -0.25) is 0 Å². The van der Waals surface area contributed by atoms with Gasteiger partial charge in [0.15, 0.2) is 5.82 Å². The summed E-state index contributed by atoms with van der Waals surface area (Å²) in [6.45, 7) is 0. The summed E-state index contributed by atoms with van der Waals surface area (Å²) in [7, 11) is 1.88. The van der Waals surface area contributed by atoms with E-state index in [0.717, 1.165) is 25.7 Å². The number of hydrogen-bond acceptors (Lipinski definition) is 5. The average Bonchev–Trinajstić information content (AvgIpc) is 2.32. The summed E-state index contributed by atoms with van der Waals surface area (Å²) in [4.78, 5) is 9.87. The van der Waals surface area contributed by atoms with Crippen LogP contribution in [0.2, 0.25) is 5.02 Å². The summed E-state index contributed by atoms with van der Waals surface area (Å²) in [6, 6.07) is 0.0514.